The number of alkyl carbamates (subject to hydrolysis) is 1. The van der Waals surface area contributed by atoms with E-state index in [2.05, 4.69) is 19.2 Å². The quantitative estimate of drug-likeness (QED) is 0.888. The fraction of sp³-hybridized carbons (Fsp3) is 0.533. The molecular formula is C15H21NO2. The van der Waals surface area contributed by atoms with E-state index in [9.17, 15) is 4.79 Å². The van der Waals surface area contributed by atoms with Crippen molar-refractivity contribution in [1.82, 2.24) is 5.32 Å². The molecule has 0 radical (unpaired) electrons. The largest absolute Gasteiger partial charge is 0.445 e. The molecule has 0 spiro atoms. The van der Waals surface area contributed by atoms with Gasteiger partial charge in [-0.05, 0) is 23.8 Å². The monoisotopic (exact) mass is 247 g/mol. The molecule has 1 fully saturated rings. The highest BCUT2D eigenvalue weighted by molar-refractivity contribution is 5.67. The fourth-order valence-electron chi connectivity index (χ4n) is 2.50. The number of ether oxygens (including phenoxy) is 1. The predicted octanol–water partition coefficient (Wildman–Crippen LogP) is 3.49. The minimum atomic E-state index is -0.307. The van der Waals surface area contributed by atoms with Crippen molar-refractivity contribution in [3.63, 3.8) is 0 Å². The standard InChI is InChI=1S/C15H21NO2/c1-15(2)10-6-9-13(15)16-14(17)18-11-12-7-4-3-5-8-12/h3-5,7-8,13H,6,9-11H2,1-2H3,(H,16,17)/t13-/m1/s1. The Morgan fingerprint density at radius 2 is 2.11 bits per heavy atom. The molecule has 2 rings (SSSR count). The first-order valence-electron chi connectivity index (χ1n) is 6.55. The van der Waals surface area contributed by atoms with Gasteiger partial charge >= 0.3 is 6.09 Å². The number of rotatable bonds is 3. The van der Waals surface area contributed by atoms with Crippen molar-refractivity contribution in [2.75, 3.05) is 0 Å². The van der Waals surface area contributed by atoms with Gasteiger partial charge in [0.2, 0.25) is 0 Å². The minimum absolute atomic E-state index is 0.186. The number of nitrogens with one attached hydrogen (secondary N) is 1. The molecule has 0 saturated heterocycles. The third-order valence-corrected chi connectivity index (χ3v) is 3.76. The zero-order valence-corrected chi connectivity index (χ0v) is 11.1. The average molecular weight is 247 g/mol. The lowest BCUT2D eigenvalue weighted by Crippen LogP contribution is -2.41. The number of carbonyl (C=O) groups is 1. The second-order valence-electron chi connectivity index (χ2n) is 5.64. The van der Waals surface area contributed by atoms with Crippen molar-refractivity contribution in [3.05, 3.63) is 35.9 Å². The summed E-state index contributed by atoms with van der Waals surface area (Å²) in [6.45, 7) is 4.73. The maximum atomic E-state index is 11.7. The molecule has 1 amide bonds. The summed E-state index contributed by atoms with van der Waals surface area (Å²) in [6.07, 6.45) is 3.08. The van der Waals surface area contributed by atoms with Crippen molar-refractivity contribution in [2.24, 2.45) is 5.41 Å². The highest BCUT2D eigenvalue weighted by atomic mass is 16.5. The Kier molecular flexibility index (Phi) is 3.90. The molecule has 1 aromatic carbocycles. The molecule has 1 saturated carbocycles. The van der Waals surface area contributed by atoms with Crippen molar-refractivity contribution in [3.8, 4) is 0 Å². The van der Waals surface area contributed by atoms with Gasteiger partial charge in [0.05, 0.1) is 0 Å². The maximum absolute atomic E-state index is 11.7. The summed E-state index contributed by atoms with van der Waals surface area (Å²) in [6, 6.07) is 9.97. The maximum Gasteiger partial charge on any atom is 0.407 e. The molecule has 0 bridgehead atoms. The summed E-state index contributed by atoms with van der Waals surface area (Å²) in [5.41, 5.74) is 1.20. The normalized spacial score (nSPS) is 21.6. The van der Waals surface area contributed by atoms with E-state index in [0.717, 1.165) is 18.4 Å². The summed E-state index contributed by atoms with van der Waals surface area (Å²) in [5.74, 6) is 0. The Hall–Kier alpha value is -1.51. The van der Waals surface area contributed by atoms with E-state index >= 15 is 0 Å². The van der Waals surface area contributed by atoms with Crippen molar-refractivity contribution < 1.29 is 9.53 Å². The van der Waals surface area contributed by atoms with Crippen LogP contribution in [0.3, 0.4) is 0 Å². The zero-order valence-electron chi connectivity index (χ0n) is 11.1. The SMILES string of the molecule is CC1(C)CCC[C@H]1NC(=O)OCc1ccccc1. The van der Waals surface area contributed by atoms with Crippen LogP contribution in [0.4, 0.5) is 4.79 Å². The van der Waals surface area contributed by atoms with Crippen LogP contribution in [0.15, 0.2) is 30.3 Å². The molecule has 98 valence electrons. The molecule has 0 aromatic heterocycles. The molecule has 3 nitrogen and oxygen atoms in total. The number of hydrogen-bond donors (Lipinski definition) is 1. The molecule has 1 N–H and O–H groups in total. The van der Waals surface area contributed by atoms with Crippen molar-refractivity contribution in [2.45, 2.75) is 45.8 Å². The van der Waals surface area contributed by atoms with Gasteiger partial charge in [-0.1, -0.05) is 50.6 Å². The van der Waals surface area contributed by atoms with Gasteiger partial charge in [0.25, 0.3) is 0 Å². The first-order chi connectivity index (χ1) is 8.58. The van der Waals surface area contributed by atoms with Gasteiger partial charge in [-0.2, -0.15) is 0 Å². The third-order valence-electron chi connectivity index (χ3n) is 3.76. The second kappa shape index (κ2) is 5.42. The van der Waals surface area contributed by atoms with Crippen LogP contribution in [0.5, 0.6) is 0 Å². The zero-order chi connectivity index (χ0) is 13.0. The van der Waals surface area contributed by atoms with E-state index in [1.54, 1.807) is 0 Å². The first-order valence-corrected chi connectivity index (χ1v) is 6.55. The summed E-state index contributed by atoms with van der Waals surface area (Å²) in [4.78, 5) is 11.7. The molecular weight excluding hydrogens is 226 g/mol. The van der Waals surface area contributed by atoms with E-state index in [1.165, 1.54) is 6.42 Å². The minimum Gasteiger partial charge on any atom is -0.445 e. The number of hydrogen-bond acceptors (Lipinski definition) is 2. The molecule has 0 unspecified atom stereocenters. The summed E-state index contributed by atoms with van der Waals surface area (Å²) in [7, 11) is 0. The van der Waals surface area contributed by atoms with Gasteiger partial charge in [0, 0.05) is 6.04 Å². The fourth-order valence-corrected chi connectivity index (χ4v) is 2.50. The molecule has 3 heteroatoms. The van der Waals surface area contributed by atoms with Gasteiger partial charge in [0.1, 0.15) is 6.61 Å². The molecule has 1 aliphatic carbocycles. The van der Waals surface area contributed by atoms with E-state index in [1.807, 2.05) is 30.3 Å². The Bertz CT molecular complexity index is 400. The lowest BCUT2D eigenvalue weighted by molar-refractivity contribution is 0.128. The van der Waals surface area contributed by atoms with E-state index < -0.39 is 0 Å². The number of amides is 1. The highest BCUT2D eigenvalue weighted by Crippen LogP contribution is 2.37. The summed E-state index contributed by atoms with van der Waals surface area (Å²) in [5, 5.41) is 2.98. The second-order valence-corrected chi connectivity index (χ2v) is 5.64. The van der Waals surface area contributed by atoms with Crippen LogP contribution < -0.4 is 5.32 Å². The van der Waals surface area contributed by atoms with E-state index in [-0.39, 0.29) is 17.6 Å². The van der Waals surface area contributed by atoms with Crippen LogP contribution in [-0.4, -0.2) is 12.1 Å². The Morgan fingerprint density at radius 3 is 2.72 bits per heavy atom. The van der Waals surface area contributed by atoms with E-state index in [4.69, 9.17) is 4.74 Å². The van der Waals surface area contributed by atoms with Gasteiger partial charge in [0.15, 0.2) is 0 Å². The smallest absolute Gasteiger partial charge is 0.407 e. The molecule has 18 heavy (non-hydrogen) atoms. The van der Waals surface area contributed by atoms with Crippen LogP contribution in [-0.2, 0) is 11.3 Å². The first kappa shape index (κ1) is 12.9. The van der Waals surface area contributed by atoms with Crippen LogP contribution >= 0.6 is 0 Å². The molecule has 1 aromatic rings. The molecule has 0 aliphatic heterocycles. The third kappa shape index (κ3) is 3.25. The predicted molar refractivity (Wildman–Crippen MR) is 71.2 cm³/mol. The van der Waals surface area contributed by atoms with Crippen molar-refractivity contribution in [1.29, 1.82) is 0 Å². The average Bonchev–Trinajstić information content (AvgIpc) is 2.68. The topological polar surface area (TPSA) is 38.3 Å². The van der Waals surface area contributed by atoms with Gasteiger partial charge in [-0.15, -0.1) is 0 Å². The lowest BCUT2D eigenvalue weighted by atomic mass is 9.87. The van der Waals surface area contributed by atoms with Crippen LogP contribution in [0, 0.1) is 5.41 Å². The summed E-state index contributed by atoms with van der Waals surface area (Å²) < 4.78 is 5.23. The number of carbonyl (C=O) groups excluding carboxylic acids is 1. The van der Waals surface area contributed by atoms with Crippen LogP contribution in [0.1, 0.15) is 38.7 Å². The lowest BCUT2D eigenvalue weighted by Gasteiger charge is -2.27. The Balaban J connectivity index is 1.79. The highest BCUT2D eigenvalue weighted by Gasteiger charge is 2.35. The van der Waals surface area contributed by atoms with Gasteiger partial charge < -0.3 is 10.1 Å². The molecule has 0 heterocycles. The van der Waals surface area contributed by atoms with Crippen LogP contribution in [0.2, 0.25) is 0 Å². The van der Waals surface area contributed by atoms with Gasteiger partial charge in [-0.3, -0.25) is 0 Å². The van der Waals surface area contributed by atoms with Gasteiger partial charge in [-0.25, -0.2) is 4.79 Å². The molecule has 1 aliphatic rings. The molecule has 1 atom stereocenters. The van der Waals surface area contributed by atoms with E-state index in [0.29, 0.717) is 6.61 Å². The number of benzene rings is 1. The van der Waals surface area contributed by atoms with Crippen LogP contribution in [0.25, 0.3) is 0 Å². The van der Waals surface area contributed by atoms with Crippen molar-refractivity contribution >= 4 is 6.09 Å². The Morgan fingerprint density at radius 1 is 1.39 bits per heavy atom. The Labute approximate surface area is 109 Å². The summed E-state index contributed by atoms with van der Waals surface area (Å²) >= 11 is 0.